The quantitative estimate of drug-likeness (QED) is 0.688. The molecular weight excluding hydrogens is 262 g/mol. The third-order valence-corrected chi connectivity index (χ3v) is 2.65. The van der Waals surface area contributed by atoms with Crippen LogP contribution in [0.4, 0.5) is 5.69 Å². The highest BCUT2D eigenvalue weighted by atomic mass is 35.5. The van der Waals surface area contributed by atoms with Crippen molar-refractivity contribution in [2.24, 2.45) is 0 Å². The molecule has 0 aliphatic carbocycles. The highest BCUT2D eigenvalue weighted by Crippen LogP contribution is 2.21. The molecule has 0 bridgehead atoms. The van der Waals surface area contributed by atoms with E-state index >= 15 is 0 Å². The number of halogens is 1. The van der Waals surface area contributed by atoms with Gasteiger partial charge in [0, 0.05) is 17.3 Å². The van der Waals surface area contributed by atoms with Crippen LogP contribution in [0.2, 0.25) is 0 Å². The lowest BCUT2D eigenvalue weighted by Crippen LogP contribution is -2.01. The zero-order chi connectivity index (χ0) is 13.0. The number of carbonyl (C=O) groups excluding carboxylic acids is 1. The van der Waals surface area contributed by atoms with Crippen molar-refractivity contribution in [1.82, 2.24) is 0 Å². The standard InChI is InChI=1S/C15H15NO2.ClH/c1-11(17)14-8-7-13(9-15(14)16)18-10-12-5-3-2-4-6-12;/h2-9H,10,16H2,1H3;1H. The van der Waals surface area contributed by atoms with Crippen LogP contribution < -0.4 is 10.5 Å². The first kappa shape index (κ1) is 15.1. The molecule has 2 aromatic rings. The normalized spacial score (nSPS) is 9.53. The van der Waals surface area contributed by atoms with Gasteiger partial charge in [0.15, 0.2) is 5.78 Å². The van der Waals surface area contributed by atoms with Crippen molar-refractivity contribution < 1.29 is 9.53 Å². The minimum atomic E-state index is -0.0397. The summed E-state index contributed by atoms with van der Waals surface area (Å²) in [5, 5.41) is 0. The van der Waals surface area contributed by atoms with E-state index in [0.29, 0.717) is 23.6 Å². The van der Waals surface area contributed by atoms with Gasteiger partial charge in [-0.2, -0.15) is 0 Å². The molecule has 2 N–H and O–H groups in total. The summed E-state index contributed by atoms with van der Waals surface area (Å²) in [6.45, 7) is 1.98. The molecule has 0 amide bonds. The highest BCUT2D eigenvalue weighted by Gasteiger charge is 2.05. The maximum Gasteiger partial charge on any atom is 0.161 e. The monoisotopic (exact) mass is 277 g/mol. The van der Waals surface area contributed by atoms with E-state index in [9.17, 15) is 4.79 Å². The van der Waals surface area contributed by atoms with Crippen LogP contribution in [0, 0.1) is 0 Å². The number of benzene rings is 2. The molecule has 0 saturated heterocycles. The van der Waals surface area contributed by atoms with Gasteiger partial charge in [-0.1, -0.05) is 30.3 Å². The molecular formula is C15H16ClNO2. The van der Waals surface area contributed by atoms with Gasteiger partial charge < -0.3 is 10.5 Å². The minimum Gasteiger partial charge on any atom is -0.489 e. The van der Waals surface area contributed by atoms with Gasteiger partial charge in [0.25, 0.3) is 0 Å². The largest absolute Gasteiger partial charge is 0.489 e. The summed E-state index contributed by atoms with van der Waals surface area (Å²) >= 11 is 0. The van der Waals surface area contributed by atoms with E-state index in [0.717, 1.165) is 5.56 Å². The average Bonchev–Trinajstić information content (AvgIpc) is 2.37. The molecule has 0 heterocycles. The van der Waals surface area contributed by atoms with E-state index in [1.807, 2.05) is 30.3 Å². The van der Waals surface area contributed by atoms with Crippen LogP contribution >= 0.6 is 12.4 Å². The van der Waals surface area contributed by atoms with Crippen molar-refractivity contribution in [2.45, 2.75) is 13.5 Å². The highest BCUT2D eigenvalue weighted by molar-refractivity contribution is 5.99. The molecule has 3 nitrogen and oxygen atoms in total. The van der Waals surface area contributed by atoms with E-state index in [-0.39, 0.29) is 18.2 Å². The Morgan fingerprint density at radius 2 is 1.84 bits per heavy atom. The fraction of sp³-hybridized carbons (Fsp3) is 0.133. The molecule has 0 aromatic heterocycles. The number of nitrogens with two attached hydrogens (primary N) is 1. The van der Waals surface area contributed by atoms with Crippen molar-refractivity contribution in [1.29, 1.82) is 0 Å². The molecule has 0 saturated carbocycles. The Morgan fingerprint density at radius 1 is 1.16 bits per heavy atom. The summed E-state index contributed by atoms with van der Waals surface area (Å²) < 4.78 is 5.62. The summed E-state index contributed by atoms with van der Waals surface area (Å²) in [6, 6.07) is 15.0. The van der Waals surface area contributed by atoms with Gasteiger partial charge >= 0.3 is 0 Å². The number of hydrogen-bond donors (Lipinski definition) is 1. The fourth-order valence-corrected chi connectivity index (χ4v) is 1.69. The van der Waals surface area contributed by atoms with Gasteiger partial charge in [-0.05, 0) is 24.6 Å². The lowest BCUT2D eigenvalue weighted by atomic mass is 10.1. The van der Waals surface area contributed by atoms with Crippen molar-refractivity contribution in [3.8, 4) is 5.75 Å². The second-order valence-electron chi connectivity index (χ2n) is 4.08. The molecule has 19 heavy (non-hydrogen) atoms. The Kier molecular flexibility index (Phi) is 5.39. The fourth-order valence-electron chi connectivity index (χ4n) is 1.69. The first-order valence-corrected chi connectivity index (χ1v) is 5.74. The zero-order valence-electron chi connectivity index (χ0n) is 10.6. The van der Waals surface area contributed by atoms with Gasteiger partial charge in [-0.15, -0.1) is 12.4 Å². The number of hydrogen-bond acceptors (Lipinski definition) is 3. The molecule has 0 atom stereocenters. The number of nitrogen functional groups attached to an aromatic ring is 1. The van der Waals surface area contributed by atoms with Crippen molar-refractivity contribution in [3.63, 3.8) is 0 Å². The molecule has 2 rings (SSSR count). The predicted molar refractivity (Wildman–Crippen MR) is 78.9 cm³/mol. The van der Waals surface area contributed by atoms with Crippen LogP contribution in [0.15, 0.2) is 48.5 Å². The Morgan fingerprint density at radius 3 is 2.42 bits per heavy atom. The first-order valence-electron chi connectivity index (χ1n) is 5.74. The molecule has 100 valence electrons. The molecule has 0 spiro atoms. The van der Waals surface area contributed by atoms with Crippen LogP contribution in [0.3, 0.4) is 0 Å². The SMILES string of the molecule is CC(=O)c1ccc(OCc2ccccc2)cc1N.Cl. The minimum absolute atomic E-state index is 0. The van der Waals surface area contributed by atoms with E-state index in [1.165, 1.54) is 6.92 Å². The third kappa shape index (κ3) is 4.00. The van der Waals surface area contributed by atoms with Crippen LogP contribution in [-0.2, 0) is 6.61 Å². The predicted octanol–water partition coefficient (Wildman–Crippen LogP) is 3.47. The number of carbonyl (C=O) groups is 1. The molecule has 2 aromatic carbocycles. The van der Waals surface area contributed by atoms with Crippen molar-refractivity contribution in [3.05, 3.63) is 59.7 Å². The maximum atomic E-state index is 11.2. The van der Waals surface area contributed by atoms with Gasteiger partial charge in [-0.3, -0.25) is 4.79 Å². The van der Waals surface area contributed by atoms with E-state index in [4.69, 9.17) is 10.5 Å². The number of rotatable bonds is 4. The zero-order valence-corrected chi connectivity index (χ0v) is 11.4. The van der Waals surface area contributed by atoms with Crippen LogP contribution in [0.5, 0.6) is 5.75 Å². The van der Waals surface area contributed by atoms with Crippen molar-refractivity contribution >= 4 is 23.9 Å². The Hall–Kier alpha value is -2.00. The Balaban J connectivity index is 0.00000180. The number of ketones is 1. The van der Waals surface area contributed by atoms with E-state index in [2.05, 4.69) is 0 Å². The van der Waals surface area contributed by atoms with Crippen molar-refractivity contribution in [2.75, 3.05) is 5.73 Å². The first-order chi connectivity index (χ1) is 8.66. The topological polar surface area (TPSA) is 52.3 Å². The maximum absolute atomic E-state index is 11.2. The van der Waals surface area contributed by atoms with Crippen LogP contribution in [-0.4, -0.2) is 5.78 Å². The molecule has 0 radical (unpaired) electrons. The molecule has 4 heteroatoms. The van der Waals surface area contributed by atoms with E-state index < -0.39 is 0 Å². The third-order valence-electron chi connectivity index (χ3n) is 2.65. The number of ether oxygens (including phenoxy) is 1. The van der Waals surface area contributed by atoms with E-state index in [1.54, 1.807) is 18.2 Å². The number of Topliss-reactive ketones (excluding diaryl/α,β-unsaturated/α-hetero) is 1. The Labute approximate surface area is 118 Å². The van der Waals surface area contributed by atoms with Gasteiger partial charge in [0.2, 0.25) is 0 Å². The summed E-state index contributed by atoms with van der Waals surface area (Å²) in [4.78, 5) is 11.2. The van der Waals surface area contributed by atoms with Gasteiger partial charge in [0.1, 0.15) is 12.4 Å². The molecule has 0 unspecified atom stereocenters. The molecule has 0 fully saturated rings. The lowest BCUT2D eigenvalue weighted by molar-refractivity contribution is 0.101. The number of anilines is 1. The summed E-state index contributed by atoms with van der Waals surface area (Å²) in [5.41, 5.74) is 7.86. The summed E-state index contributed by atoms with van der Waals surface area (Å²) in [5.74, 6) is 0.628. The van der Waals surface area contributed by atoms with Gasteiger partial charge in [-0.25, -0.2) is 0 Å². The van der Waals surface area contributed by atoms with Gasteiger partial charge in [0.05, 0.1) is 0 Å². The molecule has 0 aliphatic heterocycles. The smallest absolute Gasteiger partial charge is 0.161 e. The second-order valence-corrected chi connectivity index (χ2v) is 4.08. The average molecular weight is 278 g/mol. The Bertz CT molecular complexity index is 555. The summed E-state index contributed by atoms with van der Waals surface area (Å²) in [7, 11) is 0. The van der Waals surface area contributed by atoms with Crippen LogP contribution in [0.25, 0.3) is 0 Å². The van der Waals surface area contributed by atoms with Crippen LogP contribution in [0.1, 0.15) is 22.8 Å². The second kappa shape index (κ2) is 6.81. The molecule has 0 aliphatic rings. The lowest BCUT2D eigenvalue weighted by Gasteiger charge is -2.08. The summed E-state index contributed by atoms with van der Waals surface area (Å²) in [6.07, 6.45) is 0.